The number of benzene rings is 1. The lowest BCUT2D eigenvalue weighted by Gasteiger charge is -2.26. The molecule has 4 nitrogen and oxygen atoms in total. The van der Waals surface area contributed by atoms with E-state index in [1.54, 1.807) is 18.2 Å². The maximum Gasteiger partial charge on any atom is 0.422 e. The number of fused-ring (bicyclic) bond motifs is 1. The van der Waals surface area contributed by atoms with Crippen molar-refractivity contribution in [3.63, 3.8) is 0 Å². The van der Waals surface area contributed by atoms with Gasteiger partial charge in [0.15, 0.2) is 18.1 Å². The summed E-state index contributed by atoms with van der Waals surface area (Å²) < 4.78 is 51.4. The van der Waals surface area contributed by atoms with E-state index in [0.29, 0.717) is 30.3 Å². The zero-order valence-electron chi connectivity index (χ0n) is 11.6. The number of ether oxygens (including phenoxy) is 3. The molecule has 2 rings (SSSR count). The lowest BCUT2D eigenvalue weighted by molar-refractivity contribution is -0.189. The third-order valence-electron chi connectivity index (χ3n) is 3.14. The van der Waals surface area contributed by atoms with E-state index in [2.05, 4.69) is 4.74 Å². The highest BCUT2D eigenvalue weighted by molar-refractivity contribution is 5.82. The Labute approximate surface area is 119 Å². The van der Waals surface area contributed by atoms with Gasteiger partial charge >= 0.3 is 12.1 Å². The van der Waals surface area contributed by atoms with Gasteiger partial charge in [0.1, 0.15) is 13.2 Å². The first-order valence-corrected chi connectivity index (χ1v) is 6.34. The minimum absolute atomic E-state index is 0.384. The summed E-state index contributed by atoms with van der Waals surface area (Å²) in [5.41, 5.74) is -0.722. The summed E-state index contributed by atoms with van der Waals surface area (Å²) >= 11 is 0. The first-order chi connectivity index (χ1) is 9.70. The van der Waals surface area contributed by atoms with E-state index in [4.69, 9.17) is 9.47 Å². The van der Waals surface area contributed by atoms with Gasteiger partial charge in [0.05, 0.1) is 5.41 Å². The Kier molecular flexibility index (Phi) is 4.02. The fourth-order valence-electron chi connectivity index (χ4n) is 1.88. The normalized spacial score (nSPS) is 14.7. The second kappa shape index (κ2) is 5.46. The van der Waals surface area contributed by atoms with E-state index in [9.17, 15) is 18.0 Å². The molecule has 0 atom stereocenters. The maximum atomic E-state index is 12.1. The molecule has 0 saturated carbocycles. The molecule has 0 spiro atoms. The van der Waals surface area contributed by atoms with Crippen LogP contribution in [0.25, 0.3) is 0 Å². The SMILES string of the molecule is CC(C)(C(=O)OCC(F)(F)F)c1ccc2c(c1)OCCO2. The van der Waals surface area contributed by atoms with Crippen LogP contribution in [0.5, 0.6) is 11.5 Å². The minimum atomic E-state index is -4.54. The van der Waals surface area contributed by atoms with Crippen LogP contribution < -0.4 is 9.47 Å². The Bertz CT molecular complexity index is 538. The average molecular weight is 304 g/mol. The molecule has 0 bridgehead atoms. The van der Waals surface area contributed by atoms with Crippen LogP contribution in [-0.2, 0) is 14.9 Å². The summed E-state index contributed by atoms with van der Waals surface area (Å²) in [5.74, 6) is 0.0661. The second-order valence-electron chi connectivity index (χ2n) is 5.17. The van der Waals surface area contributed by atoms with Crippen LogP contribution >= 0.6 is 0 Å². The van der Waals surface area contributed by atoms with Crippen LogP contribution in [0, 0.1) is 0 Å². The van der Waals surface area contributed by atoms with Gasteiger partial charge in [-0.3, -0.25) is 4.79 Å². The van der Waals surface area contributed by atoms with Gasteiger partial charge in [0, 0.05) is 0 Å². The van der Waals surface area contributed by atoms with Crippen LogP contribution in [0.3, 0.4) is 0 Å². The van der Waals surface area contributed by atoms with Crippen LogP contribution in [-0.4, -0.2) is 32.0 Å². The first kappa shape index (κ1) is 15.5. The molecule has 7 heteroatoms. The number of alkyl halides is 3. The summed E-state index contributed by atoms with van der Waals surface area (Å²) in [6.45, 7) is 2.22. The molecule has 0 fully saturated rings. The maximum absolute atomic E-state index is 12.1. The van der Waals surface area contributed by atoms with Crippen LogP contribution in [0.4, 0.5) is 13.2 Å². The number of hydrogen-bond acceptors (Lipinski definition) is 4. The molecule has 1 aliphatic heterocycles. The number of halogens is 3. The van der Waals surface area contributed by atoms with Crippen LogP contribution in [0.2, 0.25) is 0 Å². The van der Waals surface area contributed by atoms with Gasteiger partial charge in [-0.1, -0.05) is 6.07 Å². The molecule has 1 aliphatic rings. The van der Waals surface area contributed by atoms with Gasteiger partial charge in [0.25, 0.3) is 0 Å². The number of hydrogen-bond donors (Lipinski definition) is 0. The van der Waals surface area contributed by atoms with Crippen molar-refractivity contribution in [2.75, 3.05) is 19.8 Å². The summed E-state index contributed by atoms with van der Waals surface area (Å²) in [6.07, 6.45) is -4.54. The lowest BCUT2D eigenvalue weighted by Crippen LogP contribution is -2.34. The van der Waals surface area contributed by atoms with Crippen LogP contribution in [0.1, 0.15) is 19.4 Å². The van der Waals surface area contributed by atoms with Crippen molar-refractivity contribution in [1.82, 2.24) is 0 Å². The molecule has 1 aromatic carbocycles. The number of rotatable bonds is 3. The van der Waals surface area contributed by atoms with Gasteiger partial charge in [-0.25, -0.2) is 0 Å². The largest absolute Gasteiger partial charge is 0.486 e. The highest BCUT2D eigenvalue weighted by Gasteiger charge is 2.36. The standard InChI is InChI=1S/C14H15F3O4/c1-13(2,12(18)21-8-14(15,16)17)9-3-4-10-11(7-9)20-6-5-19-10/h3-4,7H,5-6,8H2,1-2H3. The van der Waals surface area contributed by atoms with Crippen molar-refractivity contribution < 1.29 is 32.2 Å². The van der Waals surface area contributed by atoms with E-state index in [1.165, 1.54) is 13.8 Å². The Balaban J connectivity index is 2.16. The zero-order valence-corrected chi connectivity index (χ0v) is 11.6. The second-order valence-corrected chi connectivity index (χ2v) is 5.17. The van der Waals surface area contributed by atoms with E-state index in [1.807, 2.05) is 0 Å². The van der Waals surface area contributed by atoms with E-state index < -0.39 is 24.2 Å². The molecule has 1 aromatic rings. The molecule has 0 saturated heterocycles. The van der Waals surface area contributed by atoms with Crippen molar-refractivity contribution in [2.24, 2.45) is 0 Å². The summed E-state index contributed by atoms with van der Waals surface area (Å²) in [5, 5.41) is 0. The topological polar surface area (TPSA) is 44.8 Å². The Morgan fingerprint density at radius 2 is 1.81 bits per heavy atom. The molecule has 21 heavy (non-hydrogen) atoms. The first-order valence-electron chi connectivity index (χ1n) is 6.34. The summed E-state index contributed by atoms with van der Waals surface area (Å²) in [7, 11) is 0. The van der Waals surface area contributed by atoms with Crippen molar-refractivity contribution in [3.05, 3.63) is 23.8 Å². The molecule has 0 aliphatic carbocycles. The average Bonchev–Trinajstić information content (AvgIpc) is 2.43. The molecule has 116 valence electrons. The van der Waals surface area contributed by atoms with Crippen molar-refractivity contribution in [3.8, 4) is 11.5 Å². The predicted octanol–water partition coefficient (Wildman–Crippen LogP) is 2.84. The van der Waals surface area contributed by atoms with Gasteiger partial charge < -0.3 is 14.2 Å². The smallest absolute Gasteiger partial charge is 0.422 e. The highest BCUT2D eigenvalue weighted by Crippen LogP contribution is 2.35. The number of esters is 1. The summed E-state index contributed by atoms with van der Waals surface area (Å²) in [4.78, 5) is 11.9. The Morgan fingerprint density at radius 1 is 1.19 bits per heavy atom. The molecule has 0 amide bonds. The van der Waals surface area contributed by atoms with Gasteiger partial charge in [-0.05, 0) is 31.5 Å². The number of carbonyl (C=O) groups excluding carboxylic acids is 1. The van der Waals surface area contributed by atoms with E-state index in [0.717, 1.165) is 0 Å². The molecule has 1 heterocycles. The van der Waals surface area contributed by atoms with Gasteiger partial charge in [-0.15, -0.1) is 0 Å². The monoisotopic (exact) mass is 304 g/mol. The lowest BCUT2D eigenvalue weighted by atomic mass is 9.84. The molecule has 0 radical (unpaired) electrons. The highest BCUT2D eigenvalue weighted by atomic mass is 19.4. The minimum Gasteiger partial charge on any atom is -0.486 e. The quantitative estimate of drug-likeness (QED) is 0.806. The molecule has 0 aromatic heterocycles. The van der Waals surface area contributed by atoms with Gasteiger partial charge in [0.2, 0.25) is 0 Å². The van der Waals surface area contributed by atoms with E-state index >= 15 is 0 Å². The Morgan fingerprint density at radius 3 is 2.43 bits per heavy atom. The fraction of sp³-hybridized carbons (Fsp3) is 0.500. The Hall–Kier alpha value is -1.92. The third kappa shape index (κ3) is 3.59. The fourth-order valence-corrected chi connectivity index (χ4v) is 1.88. The van der Waals surface area contributed by atoms with E-state index in [-0.39, 0.29) is 0 Å². The van der Waals surface area contributed by atoms with Crippen LogP contribution in [0.15, 0.2) is 18.2 Å². The molecule has 0 unspecified atom stereocenters. The molecular weight excluding hydrogens is 289 g/mol. The summed E-state index contributed by atoms with van der Waals surface area (Å²) in [6, 6.07) is 4.83. The predicted molar refractivity (Wildman–Crippen MR) is 67.5 cm³/mol. The van der Waals surface area contributed by atoms with Crippen molar-refractivity contribution in [2.45, 2.75) is 25.4 Å². The zero-order chi connectivity index (χ0) is 15.7. The number of carbonyl (C=O) groups is 1. The third-order valence-corrected chi connectivity index (χ3v) is 3.14. The molecule has 0 N–H and O–H groups in total. The van der Waals surface area contributed by atoms with Gasteiger partial charge in [-0.2, -0.15) is 13.2 Å². The van der Waals surface area contributed by atoms with Crippen molar-refractivity contribution in [1.29, 1.82) is 0 Å². The van der Waals surface area contributed by atoms with Crippen molar-refractivity contribution >= 4 is 5.97 Å². The molecular formula is C14H15F3O4.